The van der Waals surface area contributed by atoms with E-state index in [4.69, 9.17) is 15.2 Å². The number of carbonyl (C=O) groups excluding carboxylic acids is 1. The number of aliphatic hydroxyl groups is 4. The predicted octanol–water partition coefficient (Wildman–Crippen LogP) is 5.06. The Morgan fingerprint density at radius 2 is 1.91 bits per heavy atom. The fraction of sp³-hybridized carbons (Fsp3) is 0.844. The summed E-state index contributed by atoms with van der Waals surface area (Å²) in [4.78, 5) is 14.9. The van der Waals surface area contributed by atoms with Gasteiger partial charge in [-0.3, -0.25) is 4.79 Å². The van der Waals surface area contributed by atoms with Crippen molar-refractivity contribution < 1.29 is 34.7 Å². The number of ether oxygens (including phenoxy) is 2. The third kappa shape index (κ3) is 4.52. The van der Waals surface area contributed by atoms with Gasteiger partial charge in [0.2, 0.25) is 0 Å². The molecule has 7 fully saturated rings. The van der Waals surface area contributed by atoms with Gasteiger partial charge in [0.25, 0.3) is 0 Å². The van der Waals surface area contributed by atoms with Gasteiger partial charge in [0.05, 0.1) is 29.7 Å². The fourth-order valence-electron chi connectivity index (χ4n) is 16.3. The lowest BCUT2D eigenvalue weighted by Crippen LogP contribution is -2.71. The number of rotatable bonds is 8. The topological polar surface area (TPSA) is 158 Å². The number of allylic oxidation sites excluding steroid dienone is 3. The maximum atomic E-state index is 14.9. The summed E-state index contributed by atoms with van der Waals surface area (Å²) in [5, 5.41) is 51.7. The summed E-state index contributed by atoms with van der Waals surface area (Å²) < 4.78 is 14.0. The first-order valence-electron chi connectivity index (χ1n) is 21.9. The van der Waals surface area contributed by atoms with E-state index in [1.807, 2.05) is 19.9 Å². The van der Waals surface area contributed by atoms with Gasteiger partial charge < -0.3 is 41.0 Å². The van der Waals surface area contributed by atoms with Crippen molar-refractivity contribution in [3.8, 4) is 0 Å². The Labute approximate surface area is 321 Å². The molecule has 7 N–H and O–H groups in total. The molecule has 9 heteroatoms. The Hall–Kier alpha value is -1.75. The third-order valence-corrected chi connectivity index (χ3v) is 18.9. The van der Waals surface area contributed by atoms with Crippen molar-refractivity contribution in [1.29, 1.82) is 0 Å². The first-order valence-corrected chi connectivity index (χ1v) is 21.9. The van der Waals surface area contributed by atoms with E-state index < -0.39 is 39.8 Å². The molecule has 2 bridgehead atoms. The second kappa shape index (κ2) is 11.9. The third-order valence-electron chi connectivity index (χ3n) is 18.9. The smallest absolute Gasteiger partial charge is 0.162 e. The lowest BCUT2D eigenvalue weighted by molar-refractivity contribution is -0.232. The minimum absolute atomic E-state index is 0.00851. The van der Waals surface area contributed by atoms with E-state index in [0.717, 1.165) is 80.9 Å². The van der Waals surface area contributed by atoms with E-state index in [-0.39, 0.29) is 47.6 Å². The second-order valence-electron chi connectivity index (χ2n) is 21.2. The summed E-state index contributed by atoms with van der Waals surface area (Å²) >= 11 is 0. The number of epoxide rings is 1. The van der Waals surface area contributed by atoms with Gasteiger partial charge in [-0.05, 0) is 154 Å². The molecule has 54 heavy (non-hydrogen) atoms. The Morgan fingerprint density at radius 1 is 1.09 bits per heavy atom. The van der Waals surface area contributed by atoms with Crippen LogP contribution < -0.4 is 11.1 Å². The summed E-state index contributed by atoms with van der Waals surface area (Å²) in [6, 6.07) is 0. The monoisotopic (exact) mass is 746 g/mol. The van der Waals surface area contributed by atoms with Crippen molar-refractivity contribution in [2.24, 2.45) is 69.3 Å². The highest BCUT2D eigenvalue weighted by molar-refractivity contribution is 6.00. The number of ketones is 1. The van der Waals surface area contributed by atoms with Gasteiger partial charge in [0.15, 0.2) is 5.78 Å². The van der Waals surface area contributed by atoms with Crippen LogP contribution in [0.1, 0.15) is 118 Å². The number of hydrogen-bond donors (Lipinski definition) is 6. The highest BCUT2D eigenvalue weighted by atomic mass is 16.6. The molecule has 17 atom stereocenters. The minimum atomic E-state index is -1.34. The van der Waals surface area contributed by atoms with Gasteiger partial charge in [-0.15, -0.1) is 0 Å². The molecule has 9 nitrogen and oxygen atoms in total. The molecule has 1 spiro atoms. The molecule has 10 rings (SSSR count). The van der Waals surface area contributed by atoms with Gasteiger partial charge in [-0.25, -0.2) is 0 Å². The molecule has 0 aromatic heterocycles. The van der Waals surface area contributed by atoms with Crippen LogP contribution in [0.25, 0.3) is 0 Å². The van der Waals surface area contributed by atoms with Crippen molar-refractivity contribution in [2.75, 3.05) is 19.8 Å². The maximum Gasteiger partial charge on any atom is 0.162 e. The van der Waals surface area contributed by atoms with E-state index in [0.29, 0.717) is 61.9 Å². The Balaban J connectivity index is 1.03. The fourth-order valence-corrected chi connectivity index (χ4v) is 16.3. The van der Waals surface area contributed by atoms with Crippen LogP contribution in [-0.2, 0) is 14.3 Å². The Kier molecular flexibility index (Phi) is 8.07. The number of nitrogens with two attached hydrogens (primary N) is 1. The minimum Gasteiger partial charge on any atom is -0.396 e. The summed E-state index contributed by atoms with van der Waals surface area (Å²) in [6.07, 6.45) is 15.0. The molecular weight excluding hydrogens is 681 g/mol. The highest BCUT2D eigenvalue weighted by Gasteiger charge is 2.80. The maximum absolute atomic E-state index is 14.9. The van der Waals surface area contributed by atoms with Crippen LogP contribution >= 0.6 is 0 Å². The van der Waals surface area contributed by atoms with Crippen LogP contribution in [0.15, 0.2) is 34.7 Å². The van der Waals surface area contributed by atoms with Crippen molar-refractivity contribution in [1.82, 2.24) is 5.32 Å². The lowest BCUT2D eigenvalue weighted by atomic mass is 9.32. The average Bonchev–Trinajstić information content (AvgIpc) is 3.91. The molecule has 3 heterocycles. The number of aliphatic hydroxyl groups excluding tert-OH is 2. The van der Waals surface area contributed by atoms with Crippen molar-refractivity contribution in [3.63, 3.8) is 0 Å². The standard InChI is InChI=1S/C45H66N2O7/c1-24-11-15-53-44(21-24,39-38(54-39)42(4,51)40(2,23-48)13-9-25-10-14-47-34(46)16-25)33-18-28-7-8-30-36-35-27(22-41(33,3)45(28,36)52)17-26-6-5-12-43(35)31(26)19-29(49)20-32(43)37(30)50/h10,16,24,26-29,31-33,35,38-39,47-49,51-52H,5-9,11-15,17-23,46H2,1-4H3. The van der Waals surface area contributed by atoms with Crippen LogP contribution in [-0.4, -0.2) is 81.1 Å². The van der Waals surface area contributed by atoms with Crippen LogP contribution in [0.2, 0.25) is 0 Å². The summed E-state index contributed by atoms with van der Waals surface area (Å²) in [6.45, 7) is 9.60. The van der Waals surface area contributed by atoms with Crippen LogP contribution in [0, 0.1) is 63.6 Å². The molecular formula is C45H66N2O7. The Morgan fingerprint density at radius 3 is 2.67 bits per heavy atom. The summed E-state index contributed by atoms with van der Waals surface area (Å²) in [7, 11) is 0. The first kappa shape index (κ1) is 36.6. The predicted molar refractivity (Wildman–Crippen MR) is 203 cm³/mol. The molecule has 7 aliphatic carbocycles. The van der Waals surface area contributed by atoms with Gasteiger partial charge in [-0.2, -0.15) is 0 Å². The Bertz CT molecular complexity index is 1710. The van der Waals surface area contributed by atoms with Crippen molar-refractivity contribution in [3.05, 3.63) is 34.7 Å². The number of Topliss-reactive ketones (excluding diaryl/α,β-unsaturated/α-hetero) is 1. The zero-order chi connectivity index (χ0) is 37.8. The van der Waals surface area contributed by atoms with Crippen LogP contribution in [0.4, 0.5) is 0 Å². The molecule has 0 aromatic carbocycles. The number of hydrogen-bond acceptors (Lipinski definition) is 9. The summed E-state index contributed by atoms with van der Waals surface area (Å²) in [5.41, 5.74) is 4.61. The quantitative estimate of drug-likeness (QED) is 0.187. The molecule has 0 aromatic rings. The summed E-state index contributed by atoms with van der Waals surface area (Å²) in [5.74, 6) is 2.72. The van der Waals surface area contributed by atoms with Crippen LogP contribution in [0.5, 0.6) is 0 Å². The molecule has 10 aliphatic rings. The van der Waals surface area contributed by atoms with E-state index in [1.165, 1.54) is 6.42 Å². The van der Waals surface area contributed by atoms with E-state index >= 15 is 0 Å². The molecule has 2 saturated heterocycles. The SMILES string of the molecule is CC1CCOC(C2OC2C(C)(O)C(C)(CO)CCC2=CCNC(N)=C2)(C2CC3CCC4=C5C6C(CC7CCCC68C(CC(O)CC78)C4=O)CC2(C)C53O)C1. The molecule has 5 saturated carbocycles. The average molecular weight is 747 g/mol. The number of carbonyl (C=O) groups is 1. The normalized spacial score (nSPS) is 52.3. The zero-order valence-corrected chi connectivity index (χ0v) is 33.1. The van der Waals surface area contributed by atoms with E-state index in [1.54, 1.807) is 0 Å². The number of nitrogens with one attached hydrogen (secondary N) is 1. The molecule has 3 aliphatic heterocycles. The second-order valence-corrected chi connectivity index (χ2v) is 21.2. The molecule has 0 radical (unpaired) electrons. The van der Waals surface area contributed by atoms with Gasteiger partial charge >= 0.3 is 0 Å². The number of dihydropyridines is 1. The van der Waals surface area contributed by atoms with Gasteiger partial charge in [0.1, 0.15) is 17.8 Å². The van der Waals surface area contributed by atoms with Gasteiger partial charge in [-0.1, -0.05) is 39.7 Å². The highest BCUT2D eigenvalue weighted by Crippen LogP contribution is 2.80. The van der Waals surface area contributed by atoms with Crippen molar-refractivity contribution in [2.45, 2.75) is 153 Å². The lowest BCUT2D eigenvalue weighted by Gasteiger charge is -2.72. The van der Waals surface area contributed by atoms with Crippen LogP contribution in [0.3, 0.4) is 0 Å². The molecule has 0 amide bonds. The van der Waals surface area contributed by atoms with Crippen molar-refractivity contribution >= 4 is 5.78 Å². The molecule has 298 valence electrons. The largest absolute Gasteiger partial charge is 0.396 e. The molecule has 17 unspecified atom stereocenters. The van der Waals surface area contributed by atoms with Gasteiger partial charge in [0, 0.05) is 29.9 Å². The first-order chi connectivity index (χ1) is 25.6. The van der Waals surface area contributed by atoms with E-state index in [2.05, 4.69) is 25.2 Å². The zero-order valence-electron chi connectivity index (χ0n) is 33.1. The van der Waals surface area contributed by atoms with E-state index in [9.17, 15) is 25.2 Å².